The van der Waals surface area contributed by atoms with Crippen LogP contribution in [-0.4, -0.2) is 21.7 Å². The van der Waals surface area contributed by atoms with Gasteiger partial charge >= 0.3 is 0 Å². The minimum absolute atomic E-state index is 0.108. The Labute approximate surface area is 194 Å². The number of hydrogen-bond donors (Lipinski definition) is 1. The molecule has 3 aromatic carbocycles. The number of benzene rings is 3. The minimum atomic E-state index is -0.146. The van der Waals surface area contributed by atoms with Crippen molar-refractivity contribution in [3.63, 3.8) is 0 Å². The molecule has 0 spiro atoms. The van der Waals surface area contributed by atoms with E-state index in [-0.39, 0.29) is 19.1 Å². The van der Waals surface area contributed by atoms with Crippen molar-refractivity contribution in [2.45, 2.75) is 18.0 Å². The van der Waals surface area contributed by atoms with E-state index in [0.29, 0.717) is 21.6 Å². The van der Waals surface area contributed by atoms with Crippen LogP contribution in [0.3, 0.4) is 0 Å². The zero-order valence-electron chi connectivity index (χ0n) is 16.6. The van der Waals surface area contributed by atoms with Crippen LogP contribution in [0.5, 0.6) is 5.75 Å². The molecule has 0 unspecified atom stereocenters. The normalized spacial score (nSPS) is 10.9. The van der Waals surface area contributed by atoms with Gasteiger partial charge in [-0.25, -0.2) is 4.98 Å². The highest BCUT2D eigenvalue weighted by Crippen LogP contribution is 2.28. The fraction of sp³-hybridized carbons (Fsp3) is 0.130. The van der Waals surface area contributed by atoms with Crippen molar-refractivity contribution >= 4 is 57.6 Å². The van der Waals surface area contributed by atoms with Gasteiger partial charge in [0, 0.05) is 15.6 Å². The van der Waals surface area contributed by atoms with Crippen LogP contribution in [0.2, 0.25) is 10.0 Å². The molecule has 0 aliphatic rings. The molecular weight excluding hydrogens is 453 g/mol. The number of rotatable bonds is 7. The average molecular weight is 472 g/mol. The van der Waals surface area contributed by atoms with Crippen LogP contribution in [-0.2, 0) is 17.9 Å². The predicted molar refractivity (Wildman–Crippen MR) is 127 cm³/mol. The van der Waals surface area contributed by atoms with E-state index >= 15 is 0 Å². The van der Waals surface area contributed by atoms with Gasteiger partial charge < -0.3 is 14.6 Å². The number of fused-ring (bicyclic) bond motifs is 1. The molecule has 0 fully saturated rings. The van der Waals surface area contributed by atoms with Crippen molar-refractivity contribution in [1.29, 1.82) is 0 Å². The fourth-order valence-electron chi connectivity index (χ4n) is 3.19. The molecule has 5 nitrogen and oxygen atoms in total. The molecule has 8 heteroatoms. The van der Waals surface area contributed by atoms with Gasteiger partial charge in [-0.1, -0.05) is 41.4 Å². The van der Waals surface area contributed by atoms with Gasteiger partial charge in [0.05, 0.1) is 16.1 Å². The molecular formula is C23H19Cl2N3O2S. The Kier molecular flexibility index (Phi) is 6.70. The van der Waals surface area contributed by atoms with Gasteiger partial charge in [-0.2, -0.15) is 0 Å². The number of ether oxygens (including phenoxy) is 1. The molecule has 4 rings (SSSR count). The van der Waals surface area contributed by atoms with Crippen molar-refractivity contribution in [3.05, 3.63) is 82.6 Å². The number of nitrogens with one attached hydrogen (secondary N) is 1. The van der Waals surface area contributed by atoms with Crippen LogP contribution >= 0.6 is 35.0 Å². The molecule has 4 aromatic rings. The number of hydrogen-bond acceptors (Lipinski definition) is 4. The summed E-state index contributed by atoms with van der Waals surface area (Å²) in [6.07, 6.45) is 2.00. The van der Waals surface area contributed by atoms with Gasteiger partial charge in [0.25, 0.3) is 0 Å². The second-order valence-corrected chi connectivity index (χ2v) is 8.47. The molecule has 31 heavy (non-hydrogen) atoms. The Balaban J connectivity index is 1.56. The van der Waals surface area contributed by atoms with E-state index < -0.39 is 0 Å². The number of para-hydroxylation sites is 2. The van der Waals surface area contributed by atoms with Gasteiger partial charge in [-0.05, 0) is 54.8 Å². The number of amides is 1. The van der Waals surface area contributed by atoms with Crippen LogP contribution in [0, 0.1) is 0 Å². The summed E-state index contributed by atoms with van der Waals surface area (Å²) in [5.41, 5.74) is 2.41. The summed E-state index contributed by atoms with van der Waals surface area (Å²) in [5, 5.41) is 3.91. The second-order valence-electron chi connectivity index (χ2n) is 6.75. The number of anilines is 1. The molecule has 0 saturated heterocycles. The molecule has 158 valence electrons. The first-order chi connectivity index (χ1) is 15.0. The fourth-order valence-corrected chi connectivity index (χ4v) is 4.11. The van der Waals surface area contributed by atoms with Gasteiger partial charge in [0.2, 0.25) is 5.91 Å². The van der Waals surface area contributed by atoms with E-state index in [2.05, 4.69) is 10.3 Å². The predicted octanol–water partition coefficient (Wildman–Crippen LogP) is 6.28. The van der Waals surface area contributed by atoms with Gasteiger partial charge in [-0.15, -0.1) is 11.8 Å². The summed E-state index contributed by atoms with van der Waals surface area (Å²) >= 11 is 13.8. The Morgan fingerprint density at radius 2 is 1.94 bits per heavy atom. The number of thioether (sulfide) groups is 1. The number of imidazole rings is 1. The van der Waals surface area contributed by atoms with E-state index in [1.54, 1.807) is 30.0 Å². The lowest BCUT2D eigenvalue weighted by atomic mass is 10.3. The Bertz CT molecular complexity index is 1240. The zero-order chi connectivity index (χ0) is 21.8. The van der Waals surface area contributed by atoms with Crippen molar-refractivity contribution in [2.75, 3.05) is 11.6 Å². The largest absolute Gasteiger partial charge is 0.484 e. The summed E-state index contributed by atoms with van der Waals surface area (Å²) in [6, 6.07) is 20.5. The van der Waals surface area contributed by atoms with E-state index in [1.165, 1.54) is 0 Å². The third-order valence-electron chi connectivity index (χ3n) is 4.64. The van der Waals surface area contributed by atoms with Crippen LogP contribution in [0.4, 0.5) is 5.69 Å². The van der Waals surface area contributed by atoms with E-state index in [1.807, 2.05) is 59.4 Å². The van der Waals surface area contributed by atoms with Crippen molar-refractivity contribution < 1.29 is 9.53 Å². The van der Waals surface area contributed by atoms with Gasteiger partial charge in [0.1, 0.15) is 24.7 Å². The summed E-state index contributed by atoms with van der Waals surface area (Å²) in [6.45, 7) is 0.266. The number of carbonyl (C=O) groups is 1. The minimum Gasteiger partial charge on any atom is -0.484 e. The highest BCUT2D eigenvalue weighted by atomic mass is 35.5. The first-order valence-corrected chi connectivity index (χ1v) is 11.5. The number of nitrogens with zero attached hydrogens (tertiary/aromatic N) is 2. The summed E-state index contributed by atoms with van der Waals surface area (Å²) in [7, 11) is 0. The van der Waals surface area contributed by atoms with Crippen molar-refractivity contribution in [1.82, 2.24) is 9.55 Å². The number of halogens is 2. The van der Waals surface area contributed by atoms with Crippen molar-refractivity contribution in [3.8, 4) is 5.75 Å². The van der Waals surface area contributed by atoms with Crippen LogP contribution < -0.4 is 10.1 Å². The Morgan fingerprint density at radius 3 is 2.74 bits per heavy atom. The molecule has 1 heterocycles. The molecule has 1 N–H and O–H groups in total. The molecule has 0 saturated carbocycles. The monoisotopic (exact) mass is 471 g/mol. The van der Waals surface area contributed by atoms with Crippen LogP contribution in [0.15, 0.2) is 71.6 Å². The lowest BCUT2D eigenvalue weighted by molar-refractivity contribution is -0.116. The summed E-state index contributed by atoms with van der Waals surface area (Å²) < 4.78 is 7.72. The smallest absolute Gasteiger partial charge is 0.244 e. The van der Waals surface area contributed by atoms with Gasteiger partial charge in [0.15, 0.2) is 0 Å². The third-order valence-corrected chi connectivity index (χ3v) is 5.90. The topological polar surface area (TPSA) is 56.2 Å². The van der Waals surface area contributed by atoms with Crippen molar-refractivity contribution in [2.24, 2.45) is 0 Å². The highest BCUT2D eigenvalue weighted by Gasteiger charge is 2.15. The first-order valence-electron chi connectivity index (χ1n) is 9.49. The molecule has 1 aromatic heterocycles. The number of aromatic nitrogens is 2. The van der Waals surface area contributed by atoms with Gasteiger partial charge in [-0.3, -0.25) is 4.79 Å². The van der Waals surface area contributed by atoms with Crippen LogP contribution in [0.1, 0.15) is 5.82 Å². The molecule has 0 aliphatic heterocycles. The Hall–Kier alpha value is -2.67. The van der Waals surface area contributed by atoms with Crippen LogP contribution in [0.25, 0.3) is 11.0 Å². The maximum absolute atomic E-state index is 12.8. The maximum Gasteiger partial charge on any atom is 0.244 e. The summed E-state index contributed by atoms with van der Waals surface area (Å²) in [4.78, 5) is 18.5. The highest BCUT2D eigenvalue weighted by molar-refractivity contribution is 7.98. The Morgan fingerprint density at radius 1 is 1.10 bits per heavy atom. The first kappa shape index (κ1) is 21.6. The third kappa shape index (κ3) is 5.15. The number of carbonyl (C=O) groups excluding carboxylic acids is 1. The van der Waals surface area contributed by atoms with E-state index in [0.717, 1.165) is 21.6 Å². The standard InChI is InChI=1S/C23H19Cl2N3O2S/c1-31-17-6-4-5-16(12-17)26-23(29)13-28-20-8-3-2-7-19(20)27-22(28)14-30-21-10-9-15(24)11-18(21)25/h2-12H,13-14H2,1H3,(H,26,29). The molecule has 0 bridgehead atoms. The maximum atomic E-state index is 12.8. The lowest BCUT2D eigenvalue weighted by Crippen LogP contribution is -2.20. The molecule has 0 radical (unpaired) electrons. The van der Waals surface area contributed by atoms with E-state index in [9.17, 15) is 4.79 Å². The summed E-state index contributed by atoms with van der Waals surface area (Å²) in [5.74, 6) is 0.982. The lowest BCUT2D eigenvalue weighted by Gasteiger charge is -2.12. The molecule has 0 aliphatic carbocycles. The second kappa shape index (κ2) is 9.64. The average Bonchev–Trinajstić information content (AvgIpc) is 3.10. The SMILES string of the molecule is CSc1cccc(NC(=O)Cn2c(COc3ccc(Cl)cc3Cl)nc3ccccc32)c1. The van der Waals surface area contributed by atoms with E-state index in [4.69, 9.17) is 27.9 Å². The quantitative estimate of drug-likeness (QED) is 0.322. The molecule has 0 atom stereocenters. The molecule has 1 amide bonds. The zero-order valence-corrected chi connectivity index (χ0v) is 19.0.